The van der Waals surface area contributed by atoms with Gasteiger partial charge in [0.15, 0.2) is 0 Å². The molecule has 1 aliphatic carbocycles. The molecule has 0 spiro atoms. The van der Waals surface area contributed by atoms with Gasteiger partial charge in [0, 0.05) is 23.6 Å². The fraction of sp³-hybridized carbons (Fsp3) is 0.444. The zero-order valence-corrected chi connectivity index (χ0v) is 16.5. The molecule has 4 N–H and O–H groups in total. The number of anilines is 2. The molecule has 0 amide bonds. The summed E-state index contributed by atoms with van der Waals surface area (Å²) >= 11 is 3.49. The van der Waals surface area contributed by atoms with Crippen LogP contribution in [-0.2, 0) is 6.54 Å². The fourth-order valence-corrected chi connectivity index (χ4v) is 3.87. The fourth-order valence-electron chi connectivity index (χ4n) is 3.43. The van der Waals surface area contributed by atoms with Crippen LogP contribution in [0.5, 0.6) is 0 Å². The maximum atomic E-state index is 11.0. The first kappa shape index (κ1) is 19.5. The van der Waals surface area contributed by atoms with Crippen LogP contribution in [-0.4, -0.2) is 27.5 Å². The van der Waals surface area contributed by atoms with Gasteiger partial charge in [0.2, 0.25) is 11.8 Å². The molecule has 27 heavy (non-hydrogen) atoms. The van der Waals surface area contributed by atoms with Crippen molar-refractivity contribution < 1.29 is 4.92 Å². The first-order valence-electron chi connectivity index (χ1n) is 8.94. The predicted molar refractivity (Wildman–Crippen MR) is 108 cm³/mol. The van der Waals surface area contributed by atoms with Crippen molar-refractivity contribution in [2.45, 2.75) is 38.3 Å². The highest BCUT2D eigenvalue weighted by Crippen LogP contribution is 2.28. The third-order valence-electron chi connectivity index (χ3n) is 4.90. The van der Waals surface area contributed by atoms with Crippen LogP contribution < -0.4 is 16.4 Å². The average molecular weight is 435 g/mol. The number of halogens is 1. The Bertz CT molecular complexity index is 810. The minimum Gasteiger partial charge on any atom is -0.378 e. The number of nitrogen functional groups attached to an aromatic ring is 1. The molecule has 0 radical (unpaired) electrons. The number of hydrogen-bond acceptors (Lipinski definition) is 7. The molecule has 8 nitrogen and oxygen atoms in total. The predicted octanol–water partition coefficient (Wildman–Crippen LogP) is 3.25. The van der Waals surface area contributed by atoms with E-state index in [0.717, 1.165) is 42.3 Å². The second-order valence-corrected chi connectivity index (χ2v) is 7.90. The SMILES string of the molecule is Nc1nc(N(Cc2cccc(Br)c2)CC2CCC(N)CC2)ncc1[N+](=O)[O-]. The van der Waals surface area contributed by atoms with Crippen molar-refractivity contribution >= 4 is 33.4 Å². The number of benzene rings is 1. The van der Waals surface area contributed by atoms with Crippen LogP contribution in [0.15, 0.2) is 34.9 Å². The van der Waals surface area contributed by atoms with Crippen molar-refractivity contribution in [1.29, 1.82) is 0 Å². The molecule has 0 bridgehead atoms. The minimum atomic E-state index is -0.569. The molecule has 3 rings (SSSR count). The summed E-state index contributed by atoms with van der Waals surface area (Å²) in [5.74, 6) is 0.778. The van der Waals surface area contributed by atoms with Gasteiger partial charge in [0.25, 0.3) is 0 Å². The summed E-state index contributed by atoms with van der Waals surface area (Å²) in [5.41, 5.74) is 12.6. The Balaban J connectivity index is 1.84. The average Bonchev–Trinajstić information content (AvgIpc) is 2.62. The third kappa shape index (κ3) is 5.14. The molecule has 2 aromatic rings. The lowest BCUT2D eigenvalue weighted by Gasteiger charge is -2.31. The molecule has 1 saturated carbocycles. The van der Waals surface area contributed by atoms with Gasteiger partial charge < -0.3 is 16.4 Å². The zero-order valence-electron chi connectivity index (χ0n) is 14.9. The van der Waals surface area contributed by atoms with Gasteiger partial charge in [-0.1, -0.05) is 28.1 Å². The highest BCUT2D eigenvalue weighted by molar-refractivity contribution is 9.10. The normalized spacial score (nSPS) is 19.6. The van der Waals surface area contributed by atoms with E-state index in [9.17, 15) is 10.1 Å². The number of nitrogens with two attached hydrogens (primary N) is 2. The summed E-state index contributed by atoms with van der Waals surface area (Å²) in [6.45, 7) is 1.36. The van der Waals surface area contributed by atoms with E-state index < -0.39 is 4.92 Å². The molecule has 1 aromatic heterocycles. The number of nitro groups is 1. The number of aromatic nitrogens is 2. The number of hydrogen-bond donors (Lipinski definition) is 2. The Morgan fingerprint density at radius 2 is 2.04 bits per heavy atom. The molecule has 1 heterocycles. The van der Waals surface area contributed by atoms with Crippen molar-refractivity contribution in [1.82, 2.24) is 9.97 Å². The minimum absolute atomic E-state index is 0.116. The molecule has 0 atom stereocenters. The van der Waals surface area contributed by atoms with Crippen LogP contribution in [0.2, 0.25) is 0 Å². The lowest BCUT2D eigenvalue weighted by Crippen LogP contribution is -2.35. The number of nitrogens with zero attached hydrogens (tertiary/aromatic N) is 4. The quantitative estimate of drug-likeness (QED) is 0.527. The summed E-state index contributed by atoms with van der Waals surface area (Å²) in [6.07, 6.45) is 5.32. The van der Waals surface area contributed by atoms with E-state index in [1.165, 1.54) is 6.20 Å². The van der Waals surface area contributed by atoms with Crippen LogP contribution in [0.4, 0.5) is 17.5 Å². The van der Waals surface area contributed by atoms with Gasteiger partial charge in [-0.25, -0.2) is 4.98 Å². The maximum absolute atomic E-state index is 11.0. The van der Waals surface area contributed by atoms with Crippen LogP contribution >= 0.6 is 15.9 Å². The van der Waals surface area contributed by atoms with E-state index >= 15 is 0 Å². The Labute approximate surface area is 166 Å². The Morgan fingerprint density at radius 3 is 2.67 bits per heavy atom. The first-order valence-corrected chi connectivity index (χ1v) is 9.73. The van der Waals surface area contributed by atoms with Crippen molar-refractivity contribution in [3.8, 4) is 0 Å². The smallest absolute Gasteiger partial charge is 0.329 e. The van der Waals surface area contributed by atoms with Crippen molar-refractivity contribution in [3.63, 3.8) is 0 Å². The Hall–Kier alpha value is -2.26. The van der Waals surface area contributed by atoms with E-state index in [1.807, 2.05) is 29.2 Å². The zero-order chi connectivity index (χ0) is 19.4. The Kier molecular flexibility index (Phi) is 6.22. The molecule has 144 valence electrons. The second kappa shape index (κ2) is 8.62. The largest absolute Gasteiger partial charge is 0.378 e. The lowest BCUT2D eigenvalue weighted by molar-refractivity contribution is -0.384. The summed E-state index contributed by atoms with van der Waals surface area (Å²) < 4.78 is 0.993. The lowest BCUT2D eigenvalue weighted by atomic mass is 9.86. The van der Waals surface area contributed by atoms with Crippen molar-refractivity contribution in [2.24, 2.45) is 11.7 Å². The van der Waals surface area contributed by atoms with Gasteiger partial charge in [-0.05, 0) is 49.3 Å². The summed E-state index contributed by atoms with van der Waals surface area (Å²) in [5, 5.41) is 11.0. The summed E-state index contributed by atoms with van der Waals surface area (Å²) in [4.78, 5) is 20.9. The molecule has 1 aliphatic rings. The molecule has 1 fully saturated rings. The maximum Gasteiger partial charge on any atom is 0.329 e. The topological polar surface area (TPSA) is 124 Å². The van der Waals surface area contributed by atoms with Gasteiger partial charge in [-0.3, -0.25) is 10.1 Å². The molecular formula is C18H23BrN6O2. The second-order valence-electron chi connectivity index (χ2n) is 6.99. The summed E-state index contributed by atoms with van der Waals surface area (Å²) in [7, 11) is 0. The van der Waals surface area contributed by atoms with E-state index in [0.29, 0.717) is 18.4 Å². The van der Waals surface area contributed by atoms with Gasteiger partial charge in [-0.2, -0.15) is 4.98 Å². The van der Waals surface area contributed by atoms with E-state index in [2.05, 4.69) is 25.9 Å². The highest BCUT2D eigenvalue weighted by Gasteiger charge is 2.24. The number of rotatable bonds is 6. The molecule has 0 saturated heterocycles. The molecular weight excluding hydrogens is 412 g/mol. The molecule has 1 aromatic carbocycles. The Morgan fingerprint density at radius 1 is 1.30 bits per heavy atom. The van der Waals surface area contributed by atoms with Gasteiger partial charge >= 0.3 is 5.69 Å². The van der Waals surface area contributed by atoms with Gasteiger partial charge in [0.05, 0.1) is 4.92 Å². The van der Waals surface area contributed by atoms with Crippen LogP contribution in [0.3, 0.4) is 0 Å². The van der Waals surface area contributed by atoms with Crippen LogP contribution in [0.1, 0.15) is 31.2 Å². The van der Waals surface area contributed by atoms with E-state index in [1.54, 1.807) is 0 Å². The molecule has 9 heteroatoms. The van der Waals surface area contributed by atoms with Crippen LogP contribution in [0.25, 0.3) is 0 Å². The third-order valence-corrected chi connectivity index (χ3v) is 5.39. The van der Waals surface area contributed by atoms with E-state index in [-0.39, 0.29) is 17.5 Å². The van der Waals surface area contributed by atoms with E-state index in [4.69, 9.17) is 11.5 Å². The van der Waals surface area contributed by atoms with Crippen LogP contribution in [0, 0.1) is 16.0 Å². The van der Waals surface area contributed by atoms with Gasteiger partial charge in [0.1, 0.15) is 6.20 Å². The standard InChI is InChI=1S/C18H23BrN6O2/c19-14-3-1-2-13(8-14)11-24(10-12-4-6-15(20)7-5-12)18-22-9-16(25(26)27)17(21)23-18/h1-3,8-9,12,15H,4-7,10-11,20H2,(H2,21,22,23). The van der Waals surface area contributed by atoms with Gasteiger partial charge in [-0.15, -0.1) is 0 Å². The monoisotopic (exact) mass is 434 g/mol. The first-order chi connectivity index (χ1) is 12.9. The highest BCUT2D eigenvalue weighted by atomic mass is 79.9. The summed E-state index contributed by atoms with van der Waals surface area (Å²) in [6, 6.07) is 8.30. The molecule has 0 unspecified atom stereocenters. The van der Waals surface area contributed by atoms with Crippen molar-refractivity contribution in [3.05, 3.63) is 50.6 Å². The van der Waals surface area contributed by atoms with Crippen molar-refractivity contribution in [2.75, 3.05) is 17.2 Å². The molecule has 0 aliphatic heterocycles.